The van der Waals surface area contributed by atoms with Crippen LogP contribution >= 0.6 is 0 Å². The first-order chi connectivity index (χ1) is 15.8. The third kappa shape index (κ3) is 5.38. The second-order valence-electron chi connectivity index (χ2n) is 9.73. The van der Waals surface area contributed by atoms with Crippen molar-refractivity contribution in [1.82, 2.24) is 14.7 Å². The van der Waals surface area contributed by atoms with Gasteiger partial charge in [0.2, 0.25) is 0 Å². The van der Waals surface area contributed by atoms with Crippen LogP contribution in [0, 0.1) is 0 Å². The van der Waals surface area contributed by atoms with Gasteiger partial charge in [0.05, 0.1) is 12.6 Å². The van der Waals surface area contributed by atoms with Crippen molar-refractivity contribution in [1.29, 1.82) is 0 Å². The summed E-state index contributed by atoms with van der Waals surface area (Å²) in [6, 6.07) is 17.8. The lowest BCUT2D eigenvalue weighted by Crippen LogP contribution is -2.28. The average molecular weight is 448 g/mol. The summed E-state index contributed by atoms with van der Waals surface area (Å²) in [7, 11) is 3.43. The van der Waals surface area contributed by atoms with E-state index in [4.69, 9.17) is 9.47 Å². The summed E-state index contributed by atoms with van der Waals surface area (Å²) in [5.41, 5.74) is 3.57. The predicted octanol–water partition coefficient (Wildman–Crippen LogP) is 5.38. The summed E-state index contributed by atoms with van der Waals surface area (Å²) < 4.78 is 13.5. The fourth-order valence-electron chi connectivity index (χ4n) is 3.91. The van der Waals surface area contributed by atoms with E-state index in [0.717, 1.165) is 11.1 Å². The summed E-state index contributed by atoms with van der Waals surface area (Å²) in [5.74, 6) is 1.77. The van der Waals surface area contributed by atoms with E-state index >= 15 is 0 Å². The summed E-state index contributed by atoms with van der Waals surface area (Å²) in [6.07, 6.45) is 2.34. The molecule has 33 heavy (non-hydrogen) atoms. The van der Waals surface area contributed by atoms with E-state index in [2.05, 4.69) is 25.9 Å². The van der Waals surface area contributed by atoms with Gasteiger partial charge in [-0.05, 0) is 62.9 Å². The average Bonchev–Trinajstić information content (AvgIpc) is 3.54. The zero-order valence-corrected chi connectivity index (χ0v) is 20.2. The van der Waals surface area contributed by atoms with Gasteiger partial charge in [0, 0.05) is 25.2 Å². The Kier molecular flexibility index (Phi) is 6.45. The van der Waals surface area contributed by atoms with E-state index in [0.29, 0.717) is 36.3 Å². The zero-order valence-electron chi connectivity index (χ0n) is 20.2. The molecular formula is C27H33N3O3. The molecule has 6 nitrogen and oxygen atoms in total. The molecule has 3 aromatic rings. The van der Waals surface area contributed by atoms with Gasteiger partial charge in [0.15, 0.2) is 17.2 Å². The second kappa shape index (κ2) is 9.30. The number of hydrogen-bond donors (Lipinski definition) is 0. The molecule has 4 rings (SSSR count). The molecule has 1 heterocycles. The van der Waals surface area contributed by atoms with E-state index in [1.165, 1.54) is 18.5 Å². The van der Waals surface area contributed by atoms with Gasteiger partial charge in [0.1, 0.15) is 6.61 Å². The molecule has 0 unspecified atom stereocenters. The SMILES string of the molecule is COc1cc(CN(C)C(=O)c2cc(C3CC3)n(C(C)(C)C)n2)ccc1OCc1ccccc1. The van der Waals surface area contributed by atoms with Crippen molar-refractivity contribution in [2.45, 2.75) is 58.2 Å². The number of hydrogen-bond acceptors (Lipinski definition) is 4. The number of carbonyl (C=O) groups is 1. The number of ether oxygens (including phenoxy) is 2. The number of methoxy groups -OCH3 is 1. The molecule has 1 saturated carbocycles. The fraction of sp³-hybridized carbons (Fsp3) is 0.407. The van der Waals surface area contributed by atoms with Crippen molar-refractivity contribution in [3.05, 3.63) is 77.1 Å². The molecule has 0 aliphatic heterocycles. The molecule has 0 radical (unpaired) electrons. The maximum atomic E-state index is 13.2. The number of amides is 1. The second-order valence-corrected chi connectivity index (χ2v) is 9.73. The molecule has 0 saturated heterocycles. The highest BCUT2D eigenvalue weighted by molar-refractivity contribution is 5.92. The molecule has 0 bridgehead atoms. The smallest absolute Gasteiger partial charge is 0.274 e. The summed E-state index contributed by atoms with van der Waals surface area (Å²) >= 11 is 0. The molecule has 0 atom stereocenters. The Morgan fingerprint density at radius 2 is 1.79 bits per heavy atom. The highest BCUT2D eigenvalue weighted by atomic mass is 16.5. The molecule has 0 N–H and O–H groups in total. The molecule has 1 aromatic heterocycles. The standard InChI is InChI=1S/C27H33N3O3/c1-27(2,3)30-23(21-12-13-21)16-22(28-30)26(31)29(4)17-20-11-14-24(25(15-20)32-5)33-18-19-9-7-6-8-10-19/h6-11,14-16,21H,12-13,17-18H2,1-5H3. The quantitative estimate of drug-likeness (QED) is 0.465. The van der Waals surface area contributed by atoms with E-state index in [1.54, 1.807) is 12.0 Å². The zero-order chi connectivity index (χ0) is 23.6. The minimum Gasteiger partial charge on any atom is -0.493 e. The van der Waals surface area contributed by atoms with Crippen molar-refractivity contribution in [2.24, 2.45) is 0 Å². The highest BCUT2D eigenvalue weighted by Crippen LogP contribution is 2.41. The molecule has 1 aliphatic carbocycles. The molecule has 1 amide bonds. The van der Waals surface area contributed by atoms with Gasteiger partial charge in [-0.3, -0.25) is 9.48 Å². The summed E-state index contributed by atoms with van der Waals surface area (Å²) in [6.45, 7) is 7.29. The third-order valence-electron chi connectivity index (χ3n) is 5.82. The van der Waals surface area contributed by atoms with E-state index in [-0.39, 0.29) is 11.4 Å². The van der Waals surface area contributed by atoms with Crippen LogP contribution in [0.2, 0.25) is 0 Å². The lowest BCUT2D eigenvalue weighted by atomic mass is 10.1. The van der Waals surface area contributed by atoms with Crippen LogP contribution in [0.1, 0.15) is 66.8 Å². The van der Waals surface area contributed by atoms with Crippen LogP contribution in [-0.4, -0.2) is 34.7 Å². The van der Waals surface area contributed by atoms with Crippen molar-refractivity contribution in [3.8, 4) is 11.5 Å². The lowest BCUT2D eigenvalue weighted by Gasteiger charge is -2.22. The van der Waals surface area contributed by atoms with Gasteiger partial charge in [-0.25, -0.2) is 0 Å². The number of nitrogens with zero attached hydrogens (tertiary/aromatic N) is 3. The monoisotopic (exact) mass is 447 g/mol. The topological polar surface area (TPSA) is 56.6 Å². The van der Waals surface area contributed by atoms with E-state index in [1.807, 2.05) is 66.3 Å². The number of carbonyl (C=O) groups excluding carboxylic acids is 1. The lowest BCUT2D eigenvalue weighted by molar-refractivity contribution is 0.0777. The van der Waals surface area contributed by atoms with Crippen LogP contribution in [-0.2, 0) is 18.7 Å². The minimum atomic E-state index is -0.155. The third-order valence-corrected chi connectivity index (χ3v) is 5.82. The number of rotatable bonds is 8. The van der Waals surface area contributed by atoms with Crippen molar-refractivity contribution >= 4 is 5.91 Å². The van der Waals surface area contributed by atoms with Crippen molar-refractivity contribution < 1.29 is 14.3 Å². The maximum Gasteiger partial charge on any atom is 0.274 e. The molecule has 174 valence electrons. The van der Waals surface area contributed by atoms with Crippen LogP contribution in [0.3, 0.4) is 0 Å². The van der Waals surface area contributed by atoms with Gasteiger partial charge >= 0.3 is 0 Å². The first-order valence-corrected chi connectivity index (χ1v) is 11.5. The van der Waals surface area contributed by atoms with E-state index < -0.39 is 0 Å². The van der Waals surface area contributed by atoms with Gasteiger partial charge in [-0.2, -0.15) is 5.10 Å². The molecule has 0 spiro atoms. The van der Waals surface area contributed by atoms with Gasteiger partial charge < -0.3 is 14.4 Å². The van der Waals surface area contributed by atoms with Crippen molar-refractivity contribution in [2.75, 3.05) is 14.2 Å². The number of benzene rings is 2. The molecule has 1 aliphatic rings. The Balaban J connectivity index is 1.45. The van der Waals surface area contributed by atoms with Gasteiger partial charge in [0.25, 0.3) is 5.91 Å². The fourth-order valence-corrected chi connectivity index (χ4v) is 3.91. The van der Waals surface area contributed by atoms with Gasteiger partial charge in [-0.15, -0.1) is 0 Å². The van der Waals surface area contributed by atoms with E-state index in [9.17, 15) is 4.79 Å². The molecular weight excluding hydrogens is 414 g/mol. The molecule has 1 fully saturated rings. The Labute approximate surface area is 196 Å². The summed E-state index contributed by atoms with van der Waals surface area (Å²) in [5, 5.41) is 4.69. The first-order valence-electron chi connectivity index (χ1n) is 11.5. The summed E-state index contributed by atoms with van der Waals surface area (Å²) in [4.78, 5) is 14.9. The van der Waals surface area contributed by atoms with Crippen LogP contribution < -0.4 is 9.47 Å². The highest BCUT2D eigenvalue weighted by Gasteiger charge is 2.33. The Hall–Kier alpha value is -3.28. The molecule has 6 heteroatoms. The molecule has 2 aromatic carbocycles. The van der Waals surface area contributed by atoms with Crippen LogP contribution in [0.4, 0.5) is 0 Å². The minimum absolute atomic E-state index is 0.0803. The maximum absolute atomic E-state index is 13.2. The van der Waals surface area contributed by atoms with Crippen molar-refractivity contribution in [3.63, 3.8) is 0 Å². The van der Waals surface area contributed by atoms with Crippen LogP contribution in [0.15, 0.2) is 54.6 Å². The Bertz CT molecular complexity index is 1110. The Morgan fingerprint density at radius 1 is 1.06 bits per heavy atom. The van der Waals surface area contributed by atoms with Crippen LogP contribution in [0.5, 0.6) is 11.5 Å². The predicted molar refractivity (Wildman–Crippen MR) is 129 cm³/mol. The number of aromatic nitrogens is 2. The van der Waals surface area contributed by atoms with Gasteiger partial charge in [-0.1, -0.05) is 36.4 Å². The Morgan fingerprint density at radius 3 is 2.42 bits per heavy atom. The van der Waals surface area contributed by atoms with Crippen LogP contribution in [0.25, 0.3) is 0 Å². The largest absolute Gasteiger partial charge is 0.493 e. The normalized spacial score (nSPS) is 13.6. The first kappa shape index (κ1) is 22.9.